The molecule has 0 aliphatic rings. The van der Waals surface area contributed by atoms with Crippen LogP contribution in [-0.2, 0) is 9.53 Å². The predicted octanol–water partition coefficient (Wildman–Crippen LogP) is 2.68. The van der Waals surface area contributed by atoms with Crippen molar-refractivity contribution in [1.82, 2.24) is 10.6 Å². The summed E-state index contributed by atoms with van der Waals surface area (Å²) in [4.78, 5) is 23.4. The lowest BCUT2D eigenvalue weighted by Gasteiger charge is -2.13. The highest BCUT2D eigenvalue weighted by Gasteiger charge is 2.08. The number of hydrogen-bond acceptors (Lipinski definition) is 4. The summed E-state index contributed by atoms with van der Waals surface area (Å²) in [6.07, 6.45) is 3.82. The number of amides is 2. The predicted molar refractivity (Wildman–Crippen MR) is 94.1 cm³/mol. The number of carbonyl (C=O) groups is 2. The standard InChI is InChI=1S/C19H24N2O4/c1-15(16-6-3-2-4-7-16)25-12-5-10-20-18(22)8-11-21-19(23)17-9-13-24-14-17/h2-4,6-7,9,13-15H,5,8,10-12H2,1H3,(H,20,22)(H,21,23). The molecular weight excluding hydrogens is 320 g/mol. The third-order valence-electron chi connectivity index (χ3n) is 3.70. The third-order valence-corrected chi connectivity index (χ3v) is 3.70. The van der Waals surface area contributed by atoms with E-state index in [0.29, 0.717) is 18.7 Å². The molecule has 0 saturated heterocycles. The Morgan fingerprint density at radius 3 is 2.64 bits per heavy atom. The Kier molecular flexibility index (Phi) is 7.72. The van der Waals surface area contributed by atoms with Gasteiger partial charge in [-0.05, 0) is 25.0 Å². The number of hydrogen-bond donors (Lipinski definition) is 2. The molecule has 2 amide bonds. The van der Waals surface area contributed by atoms with Crippen molar-refractivity contribution in [2.45, 2.75) is 25.9 Å². The Morgan fingerprint density at radius 2 is 1.92 bits per heavy atom. The summed E-state index contributed by atoms with van der Waals surface area (Å²) >= 11 is 0. The average molecular weight is 344 g/mol. The van der Waals surface area contributed by atoms with E-state index in [-0.39, 0.29) is 30.9 Å². The molecule has 134 valence electrons. The van der Waals surface area contributed by atoms with Gasteiger partial charge in [-0.2, -0.15) is 0 Å². The molecule has 2 rings (SSSR count). The lowest BCUT2D eigenvalue weighted by Crippen LogP contribution is -2.31. The molecule has 0 aliphatic carbocycles. The van der Waals surface area contributed by atoms with E-state index in [1.54, 1.807) is 6.07 Å². The highest BCUT2D eigenvalue weighted by atomic mass is 16.5. The second-order valence-electron chi connectivity index (χ2n) is 5.65. The monoisotopic (exact) mass is 344 g/mol. The zero-order valence-electron chi connectivity index (χ0n) is 14.4. The minimum Gasteiger partial charge on any atom is -0.472 e. The molecule has 0 radical (unpaired) electrons. The summed E-state index contributed by atoms with van der Waals surface area (Å²) in [5.74, 6) is -0.339. The molecule has 1 heterocycles. The van der Waals surface area contributed by atoms with Gasteiger partial charge in [0.15, 0.2) is 0 Å². The first kappa shape index (κ1) is 18.7. The van der Waals surface area contributed by atoms with Crippen molar-refractivity contribution in [3.8, 4) is 0 Å². The molecule has 1 aromatic carbocycles. The number of carbonyl (C=O) groups excluding carboxylic acids is 2. The maximum atomic E-state index is 11.7. The molecular formula is C19H24N2O4. The molecule has 1 unspecified atom stereocenters. The molecule has 1 atom stereocenters. The number of benzene rings is 1. The SMILES string of the molecule is CC(OCCCNC(=O)CCNC(=O)c1ccoc1)c1ccccc1. The highest BCUT2D eigenvalue weighted by Crippen LogP contribution is 2.15. The van der Waals surface area contributed by atoms with Crippen LogP contribution in [0.3, 0.4) is 0 Å². The summed E-state index contributed by atoms with van der Waals surface area (Å²) in [7, 11) is 0. The zero-order chi connectivity index (χ0) is 17.9. The van der Waals surface area contributed by atoms with Crippen LogP contribution in [0.15, 0.2) is 53.3 Å². The van der Waals surface area contributed by atoms with Gasteiger partial charge in [0.1, 0.15) is 6.26 Å². The van der Waals surface area contributed by atoms with E-state index in [4.69, 9.17) is 9.15 Å². The molecule has 2 N–H and O–H groups in total. The summed E-state index contributed by atoms with van der Waals surface area (Å²) in [6, 6.07) is 11.6. The van der Waals surface area contributed by atoms with Gasteiger partial charge in [-0.15, -0.1) is 0 Å². The molecule has 2 aromatic rings. The van der Waals surface area contributed by atoms with E-state index in [0.717, 1.165) is 12.0 Å². The Hall–Kier alpha value is -2.60. The fourth-order valence-electron chi connectivity index (χ4n) is 2.25. The molecule has 6 nitrogen and oxygen atoms in total. The van der Waals surface area contributed by atoms with E-state index in [2.05, 4.69) is 10.6 Å². The van der Waals surface area contributed by atoms with Gasteiger partial charge in [0.2, 0.25) is 5.91 Å². The summed E-state index contributed by atoms with van der Waals surface area (Å²) in [5.41, 5.74) is 1.59. The summed E-state index contributed by atoms with van der Waals surface area (Å²) in [5, 5.41) is 5.48. The third kappa shape index (κ3) is 6.81. The van der Waals surface area contributed by atoms with Gasteiger partial charge < -0.3 is 19.8 Å². The van der Waals surface area contributed by atoms with E-state index in [9.17, 15) is 9.59 Å². The first-order chi connectivity index (χ1) is 12.2. The van der Waals surface area contributed by atoms with Crippen molar-refractivity contribution in [1.29, 1.82) is 0 Å². The van der Waals surface area contributed by atoms with Crippen LogP contribution in [-0.4, -0.2) is 31.5 Å². The quantitative estimate of drug-likeness (QED) is 0.649. The normalized spacial score (nSPS) is 11.7. The minimum absolute atomic E-state index is 0.0371. The fourth-order valence-corrected chi connectivity index (χ4v) is 2.25. The molecule has 0 saturated carbocycles. The van der Waals surface area contributed by atoms with Crippen molar-refractivity contribution in [3.63, 3.8) is 0 Å². The molecule has 0 aliphatic heterocycles. The van der Waals surface area contributed by atoms with Gasteiger partial charge >= 0.3 is 0 Å². The lowest BCUT2D eigenvalue weighted by molar-refractivity contribution is -0.121. The molecule has 25 heavy (non-hydrogen) atoms. The molecule has 6 heteroatoms. The van der Waals surface area contributed by atoms with Crippen molar-refractivity contribution in [2.75, 3.05) is 19.7 Å². The van der Waals surface area contributed by atoms with E-state index in [1.807, 2.05) is 37.3 Å². The number of nitrogens with one attached hydrogen (secondary N) is 2. The maximum absolute atomic E-state index is 11.7. The average Bonchev–Trinajstić information content (AvgIpc) is 3.16. The van der Waals surface area contributed by atoms with Crippen molar-refractivity contribution in [2.24, 2.45) is 0 Å². The highest BCUT2D eigenvalue weighted by molar-refractivity contribution is 5.93. The molecule has 0 fully saturated rings. The van der Waals surface area contributed by atoms with Gasteiger partial charge in [-0.1, -0.05) is 30.3 Å². The number of rotatable bonds is 10. The van der Waals surface area contributed by atoms with Crippen LogP contribution in [0.1, 0.15) is 41.8 Å². The van der Waals surface area contributed by atoms with Crippen LogP contribution in [0.5, 0.6) is 0 Å². The lowest BCUT2D eigenvalue weighted by atomic mass is 10.1. The largest absolute Gasteiger partial charge is 0.472 e. The smallest absolute Gasteiger partial charge is 0.254 e. The molecule has 0 bridgehead atoms. The van der Waals surface area contributed by atoms with Gasteiger partial charge in [0.05, 0.1) is 17.9 Å². The van der Waals surface area contributed by atoms with Gasteiger partial charge in [-0.3, -0.25) is 9.59 Å². The summed E-state index contributed by atoms with van der Waals surface area (Å²) in [6.45, 7) is 3.43. The van der Waals surface area contributed by atoms with Crippen LogP contribution < -0.4 is 10.6 Å². The molecule has 1 aromatic heterocycles. The van der Waals surface area contributed by atoms with Crippen LogP contribution in [0.25, 0.3) is 0 Å². The Morgan fingerprint density at radius 1 is 1.12 bits per heavy atom. The van der Waals surface area contributed by atoms with Crippen LogP contribution in [0.2, 0.25) is 0 Å². The van der Waals surface area contributed by atoms with Gasteiger partial charge in [0, 0.05) is 26.1 Å². The van der Waals surface area contributed by atoms with E-state index < -0.39 is 0 Å². The van der Waals surface area contributed by atoms with Gasteiger partial charge in [0.25, 0.3) is 5.91 Å². The summed E-state index contributed by atoms with van der Waals surface area (Å²) < 4.78 is 10.6. The van der Waals surface area contributed by atoms with Crippen LogP contribution in [0.4, 0.5) is 0 Å². The van der Waals surface area contributed by atoms with Crippen LogP contribution in [0, 0.1) is 0 Å². The Balaban J connectivity index is 1.50. The van der Waals surface area contributed by atoms with E-state index >= 15 is 0 Å². The second kappa shape index (κ2) is 10.3. The first-order valence-corrected chi connectivity index (χ1v) is 8.40. The van der Waals surface area contributed by atoms with Crippen molar-refractivity contribution < 1.29 is 18.7 Å². The molecule has 0 spiro atoms. The maximum Gasteiger partial charge on any atom is 0.254 e. The Labute approximate surface area is 147 Å². The van der Waals surface area contributed by atoms with Crippen LogP contribution >= 0.6 is 0 Å². The minimum atomic E-state index is -0.246. The number of furan rings is 1. The van der Waals surface area contributed by atoms with E-state index in [1.165, 1.54) is 12.5 Å². The van der Waals surface area contributed by atoms with Gasteiger partial charge in [-0.25, -0.2) is 0 Å². The number of ether oxygens (including phenoxy) is 1. The first-order valence-electron chi connectivity index (χ1n) is 8.40. The zero-order valence-corrected chi connectivity index (χ0v) is 14.4. The topological polar surface area (TPSA) is 80.6 Å². The van der Waals surface area contributed by atoms with Crippen molar-refractivity contribution >= 4 is 11.8 Å². The Bertz CT molecular complexity index is 641. The fraction of sp³-hybridized carbons (Fsp3) is 0.368. The second-order valence-corrected chi connectivity index (χ2v) is 5.65. The van der Waals surface area contributed by atoms with Crippen molar-refractivity contribution in [3.05, 3.63) is 60.1 Å².